The van der Waals surface area contributed by atoms with E-state index in [9.17, 15) is 0 Å². The van der Waals surface area contributed by atoms with Crippen LogP contribution in [0.5, 0.6) is 0 Å². The van der Waals surface area contributed by atoms with E-state index in [4.69, 9.17) is 5.73 Å². The molecule has 0 amide bonds. The van der Waals surface area contributed by atoms with Crippen LogP contribution in [-0.4, -0.2) is 13.1 Å². The molecule has 14 heavy (non-hydrogen) atoms. The Morgan fingerprint density at radius 3 is 3.14 bits per heavy atom. The highest BCUT2D eigenvalue weighted by Gasteiger charge is 2.12. The Bertz CT molecular complexity index is 380. The van der Waals surface area contributed by atoms with Gasteiger partial charge in [0.2, 0.25) is 0 Å². The van der Waals surface area contributed by atoms with E-state index in [0.717, 1.165) is 24.3 Å². The van der Waals surface area contributed by atoms with Crippen molar-refractivity contribution >= 4 is 17.5 Å². The van der Waals surface area contributed by atoms with Crippen LogP contribution < -0.4 is 10.6 Å². The number of hydrogen-bond acceptors (Lipinski definition) is 2. The number of anilines is 2. The Morgan fingerprint density at radius 1 is 1.50 bits per heavy atom. The lowest BCUT2D eigenvalue weighted by Crippen LogP contribution is -2.26. The molecule has 2 nitrogen and oxygen atoms in total. The van der Waals surface area contributed by atoms with Crippen LogP contribution in [0.3, 0.4) is 0 Å². The molecule has 1 heterocycles. The van der Waals surface area contributed by atoms with Crippen LogP contribution in [0.1, 0.15) is 5.56 Å². The minimum Gasteiger partial charge on any atom is -0.398 e. The third-order valence-electron chi connectivity index (χ3n) is 2.42. The summed E-state index contributed by atoms with van der Waals surface area (Å²) >= 11 is 0. The van der Waals surface area contributed by atoms with Crippen molar-refractivity contribution in [3.05, 3.63) is 42.5 Å². The highest BCUT2D eigenvalue weighted by molar-refractivity contribution is 5.79. The number of hydrogen-bond donors (Lipinski definition) is 1. The second kappa shape index (κ2) is 3.58. The zero-order chi connectivity index (χ0) is 9.97. The predicted octanol–water partition coefficient (Wildman–Crippen LogP) is 2.29. The Morgan fingerprint density at radius 2 is 2.36 bits per heavy atom. The molecule has 0 unspecified atom stereocenters. The minimum atomic E-state index is 0.840. The van der Waals surface area contributed by atoms with Crippen molar-refractivity contribution in [3.63, 3.8) is 0 Å². The molecule has 0 bridgehead atoms. The number of nitrogens with two attached hydrogens (primary N) is 1. The van der Waals surface area contributed by atoms with Crippen molar-refractivity contribution in [2.75, 3.05) is 23.7 Å². The molecule has 0 aliphatic carbocycles. The second-order valence-corrected chi connectivity index (χ2v) is 3.38. The van der Waals surface area contributed by atoms with Crippen molar-refractivity contribution in [1.29, 1.82) is 0 Å². The number of fused-ring (bicyclic) bond motifs is 1. The summed E-state index contributed by atoms with van der Waals surface area (Å²) < 4.78 is 0. The van der Waals surface area contributed by atoms with Crippen LogP contribution in [0.2, 0.25) is 0 Å². The maximum absolute atomic E-state index is 5.90. The van der Waals surface area contributed by atoms with Gasteiger partial charge in [0.25, 0.3) is 0 Å². The third kappa shape index (κ3) is 1.39. The molecule has 1 aromatic rings. The molecule has 0 saturated heterocycles. The first-order valence-corrected chi connectivity index (χ1v) is 4.74. The molecule has 0 atom stereocenters. The van der Waals surface area contributed by atoms with Gasteiger partial charge in [0.05, 0.1) is 0 Å². The van der Waals surface area contributed by atoms with Crippen LogP contribution in [-0.2, 0) is 0 Å². The topological polar surface area (TPSA) is 29.3 Å². The highest BCUT2D eigenvalue weighted by atomic mass is 15.1. The summed E-state index contributed by atoms with van der Waals surface area (Å²) in [7, 11) is 0. The maximum Gasteiger partial charge on any atom is 0.0466 e. The van der Waals surface area contributed by atoms with Gasteiger partial charge in [-0.2, -0.15) is 0 Å². The lowest BCUT2D eigenvalue weighted by molar-refractivity contribution is 0.947. The van der Waals surface area contributed by atoms with Gasteiger partial charge >= 0.3 is 0 Å². The highest BCUT2D eigenvalue weighted by Crippen LogP contribution is 2.29. The molecule has 2 heteroatoms. The Labute approximate surface area is 84.3 Å². The summed E-state index contributed by atoms with van der Waals surface area (Å²) in [5.74, 6) is 0. The van der Waals surface area contributed by atoms with Crippen molar-refractivity contribution in [2.24, 2.45) is 0 Å². The average molecular weight is 186 g/mol. The van der Waals surface area contributed by atoms with Crippen LogP contribution in [0.15, 0.2) is 36.9 Å². The molecule has 0 spiro atoms. The minimum absolute atomic E-state index is 0.840. The summed E-state index contributed by atoms with van der Waals surface area (Å²) in [6, 6.07) is 6.02. The van der Waals surface area contributed by atoms with Gasteiger partial charge in [-0.05, 0) is 12.1 Å². The first-order chi connectivity index (χ1) is 6.83. The second-order valence-electron chi connectivity index (χ2n) is 3.38. The summed E-state index contributed by atoms with van der Waals surface area (Å²) in [6.07, 6.45) is 6.12. The number of nitrogens with zero attached hydrogens (tertiary/aromatic N) is 1. The third-order valence-corrected chi connectivity index (χ3v) is 2.42. The van der Waals surface area contributed by atoms with Gasteiger partial charge in [-0.25, -0.2) is 0 Å². The van der Waals surface area contributed by atoms with Gasteiger partial charge in [0.15, 0.2) is 0 Å². The van der Waals surface area contributed by atoms with E-state index in [1.165, 1.54) is 5.69 Å². The van der Waals surface area contributed by atoms with Gasteiger partial charge in [-0.15, -0.1) is 6.58 Å². The van der Waals surface area contributed by atoms with E-state index in [1.54, 1.807) is 0 Å². The van der Waals surface area contributed by atoms with Crippen molar-refractivity contribution in [3.8, 4) is 0 Å². The fourth-order valence-electron chi connectivity index (χ4n) is 1.75. The molecular weight excluding hydrogens is 172 g/mol. The zero-order valence-corrected chi connectivity index (χ0v) is 8.11. The van der Waals surface area contributed by atoms with Gasteiger partial charge in [-0.1, -0.05) is 24.3 Å². The summed E-state index contributed by atoms with van der Waals surface area (Å²) in [5, 5.41) is 0. The lowest BCUT2D eigenvalue weighted by atomic mass is 10.1. The quantitative estimate of drug-likeness (QED) is 0.567. The molecule has 1 aromatic carbocycles. The van der Waals surface area contributed by atoms with Crippen LogP contribution in [0, 0.1) is 0 Å². The van der Waals surface area contributed by atoms with Crippen LogP contribution in [0.25, 0.3) is 6.08 Å². The Balaban J connectivity index is 2.45. The Hall–Kier alpha value is -1.70. The fraction of sp³-hybridized carbons (Fsp3) is 0.167. The van der Waals surface area contributed by atoms with Crippen LogP contribution in [0.4, 0.5) is 11.4 Å². The SMILES string of the molecule is C=CCN1CC=Cc2c(N)cccc21. The molecule has 72 valence electrons. The van der Waals surface area contributed by atoms with Crippen molar-refractivity contribution < 1.29 is 0 Å². The molecular formula is C12H14N2. The van der Waals surface area contributed by atoms with Crippen molar-refractivity contribution in [1.82, 2.24) is 0 Å². The van der Waals surface area contributed by atoms with Gasteiger partial charge in [-0.3, -0.25) is 0 Å². The van der Waals surface area contributed by atoms with Crippen LogP contribution >= 0.6 is 0 Å². The number of nitrogen functional groups attached to an aromatic ring is 1. The molecule has 2 rings (SSSR count). The van der Waals surface area contributed by atoms with E-state index < -0.39 is 0 Å². The summed E-state index contributed by atoms with van der Waals surface area (Å²) in [6.45, 7) is 5.55. The smallest absolute Gasteiger partial charge is 0.0466 e. The maximum atomic E-state index is 5.90. The molecule has 2 N–H and O–H groups in total. The standard InChI is InChI=1S/C12H14N2/c1-2-8-14-9-4-5-10-11(13)6-3-7-12(10)14/h2-7H,1,8-9,13H2. The van der Waals surface area contributed by atoms with E-state index >= 15 is 0 Å². The van der Waals surface area contributed by atoms with Gasteiger partial charge in [0, 0.05) is 30.0 Å². The molecule has 1 aliphatic rings. The molecule has 0 saturated carbocycles. The van der Waals surface area contributed by atoms with E-state index in [0.29, 0.717) is 0 Å². The van der Waals surface area contributed by atoms with E-state index in [1.807, 2.05) is 18.2 Å². The number of benzene rings is 1. The Kier molecular flexibility index (Phi) is 2.27. The monoisotopic (exact) mass is 186 g/mol. The molecule has 0 aromatic heterocycles. The summed E-state index contributed by atoms with van der Waals surface area (Å²) in [5.41, 5.74) is 9.06. The average Bonchev–Trinajstić information content (AvgIpc) is 2.20. The fourth-order valence-corrected chi connectivity index (χ4v) is 1.75. The first-order valence-electron chi connectivity index (χ1n) is 4.74. The predicted molar refractivity (Wildman–Crippen MR) is 62.3 cm³/mol. The molecule has 1 aliphatic heterocycles. The van der Waals surface area contributed by atoms with Gasteiger partial charge < -0.3 is 10.6 Å². The summed E-state index contributed by atoms with van der Waals surface area (Å²) in [4.78, 5) is 2.25. The van der Waals surface area contributed by atoms with E-state index in [2.05, 4.69) is 29.7 Å². The lowest BCUT2D eigenvalue weighted by Gasteiger charge is -2.27. The zero-order valence-electron chi connectivity index (χ0n) is 8.11. The largest absolute Gasteiger partial charge is 0.398 e. The molecule has 0 fully saturated rings. The van der Waals surface area contributed by atoms with Crippen molar-refractivity contribution in [2.45, 2.75) is 0 Å². The molecule has 0 radical (unpaired) electrons. The van der Waals surface area contributed by atoms with E-state index in [-0.39, 0.29) is 0 Å². The van der Waals surface area contributed by atoms with Gasteiger partial charge in [0.1, 0.15) is 0 Å². The first kappa shape index (κ1) is 8.88. The normalized spacial score (nSPS) is 13.9. The number of rotatable bonds is 2.